The van der Waals surface area contributed by atoms with Crippen molar-refractivity contribution in [3.05, 3.63) is 52.1 Å². The Morgan fingerprint density at radius 3 is 2.76 bits per heavy atom. The maximum Gasteiger partial charge on any atom is 0.356 e. The summed E-state index contributed by atoms with van der Waals surface area (Å²) in [6.07, 6.45) is 0. The predicted molar refractivity (Wildman–Crippen MR) is 88.9 cm³/mol. The smallest absolute Gasteiger partial charge is 0.356 e. The molecule has 0 saturated heterocycles. The van der Waals surface area contributed by atoms with Gasteiger partial charge in [-0.15, -0.1) is 10.2 Å². The molecule has 4 aromatic rings. The van der Waals surface area contributed by atoms with Crippen LogP contribution in [0, 0.1) is 6.92 Å². The number of fused-ring (bicyclic) bond motifs is 2. The maximum absolute atomic E-state index is 12.8. The Hall–Kier alpha value is -3.49. The average Bonchev–Trinajstić information content (AvgIpc) is 3.19. The van der Waals surface area contributed by atoms with Gasteiger partial charge in [0.15, 0.2) is 5.65 Å². The number of benzene rings is 1. The lowest BCUT2D eigenvalue weighted by molar-refractivity contribution is 0.0519. The van der Waals surface area contributed by atoms with Gasteiger partial charge in [-0.2, -0.15) is 14.3 Å². The summed E-state index contributed by atoms with van der Waals surface area (Å²) in [5.41, 5.74) is 0.975. The van der Waals surface area contributed by atoms with Crippen LogP contribution in [0.1, 0.15) is 23.1 Å². The largest absolute Gasteiger partial charge is 0.461 e. The third-order valence-corrected chi connectivity index (χ3v) is 3.85. The number of nitrogens with one attached hydrogen (secondary N) is 1. The van der Waals surface area contributed by atoms with E-state index in [9.17, 15) is 9.59 Å². The monoisotopic (exact) mass is 338 g/mol. The van der Waals surface area contributed by atoms with E-state index in [1.165, 1.54) is 15.3 Å². The summed E-state index contributed by atoms with van der Waals surface area (Å²) < 4.78 is 7.55. The number of hydrogen-bond donors (Lipinski definition) is 1. The third kappa shape index (κ3) is 2.28. The number of H-pyrrole nitrogens is 1. The molecule has 25 heavy (non-hydrogen) atoms. The minimum absolute atomic E-state index is 0.171. The highest BCUT2D eigenvalue weighted by atomic mass is 16.5. The summed E-state index contributed by atoms with van der Waals surface area (Å²) in [7, 11) is 0. The van der Waals surface area contributed by atoms with Gasteiger partial charge in [0.25, 0.3) is 11.5 Å². The molecule has 0 unspecified atom stereocenters. The van der Waals surface area contributed by atoms with Gasteiger partial charge in [-0.1, -0.05) is 18.2 Å². The van der Waals surface area contributed by atoms with E-state index in [0.717, 1.165) is 5.39 Å². The highest BCUT2D eigenvalue weighted by Gasteiger charge is 2.18. The summed E-state index contributed by atoms with van der Waals surface area (Å²) in [5.74, 6) is -0.335. The van der Waals surface area contributed by atoms with Crippen LogP contribution in [-0.2, 0) is 4.74 Å². The summed E-state index contributed by atoms with van der Waals surface area (Å²) in [4.78, 5) is 24.6. The Balaban J connectivity index is 1.93. The number of nitrogens with zero attached hydrogens (tertiary/aromatic N) is 5. The number of carbonyl (C=O) groups is 1. The molecule has 126 valence electrons. The number of rotatable bonds is 3. The van der Waals surface area contributed by atoms with Crippen molar-refractivity contribution in [3.8, 4) is 5.95 Å². The van der Waals surface area contributed by atoms with E-state index in [0.29, 0.717) is 16.7 Å². The van der Waals surface area contributed by atoms with E-state index in [-0.39, 0.29) is 23.8 Å². The van der Waals surface area contributed by atoms with Gasteiger partial charge < -0.3 is 4.74 Å². The van der Waals surface area contributed by atoms with Gasteiger partial charge in [-0.25, -0.2) is 4.79 Å². The molecule has 0 fully saturated rings. The first-order valence-electron chi connectivity index (χ1n) is 7.70. The Morgan fingerprint density at radius 2 is 2.00 bits per heavy atom. The van der Waals surface area contributed by atoms with Crippen molar-refractivity contribution in [1.29, 1.82) is 0 Å². The van der Waals surface area contributed by atoms with Crippen LogP contribution in [0.5, 0.6) is 0 Å². The summed E-state index contributed by atoms with van der Waals surface area (Å²) >= 11 is 0. The number of ether oxygens (including phenoxy) is 1. The van der Waals surface area contributed by atoms with Crippen molar-refractivity contribution in [1.82, 2.24) is 29.6 Å². The quantitative estimate of drug-likeness (QED) is 0.563. The van der Waals surface area contributed by atoms with Gasteiger partial charge in [0.05, 0.1) is 17.7 Å². The zero-order valence-electron chi connectivity index (χ0n) is 13.6. The minimum Gasteiger partial charge on any atom is -0.461 e. The molecule has 1 aromatic carbocycles. The third-order valence-electron chi connectivity index (χ3n) is 3.85. The molecule has 0 aliphatic carbocycles. The molecule has 0 amide bonds. The fraction of sp³-hybridized carbons (Fsp3) is 0.188. The van der Waals surface area contributed by atoms with Crippen LogP contribution >= 0.6 is 0 Å². The average molecular weight is 338 g/mol. The van der Waals surface area contributed by atoms with Gasteiger partial charge in [-0.05, 0) is 19.9 Å². The fourth-order valence-corrected chi connectivity index (χ4v) is 2.70. The van der Waals surface area contributed by atoms with Crippen LogP contribution < -0.4 is 5.56 Å². The highest BCUT2D eigenvalue weighted by Crippen LogP contribution is 2.14. The normalized spacial score (nSPS) is 11.3. The van der Waals surface area contributed by atoms with E-state index in [2.05, 4.69) is 20.4 Å². The lowest BCUT2D eigenvalue weighted by Crippen LogP contribution is -2.24. The van der Waals surface area contributed by atoms with Crippen molar-refractivity contribution in [2.24, 2.45) is 0 Å². The van der Waals surface area contributed by atoms with Crippen molar-refractivity contribution >= 4 is 22.4 Å². The first-order valence-corrected chi connectivity index (χ1v) is 7.70. The van der Waals surface area contributed by atoms with Gasteiger partial charge in [0.1, 0.15) is 5.69 Å². The second kappa shape index (κ2) is 5.55. The van der Waals surface area contributed by atoms with Gasteiger partial charge in [-0.3, -0.25) is 9.89 Å². The van der Waals surface area contributed by atoms with Crippen molar-refractivity contribution < 1.29 is 9.53 Å². The lowest BCUT2D eigenvalue weighted by Gasteiger charge is -2.06. The molecule has 0 aliphatic heterocycles. The van der Waals surface area contributed by atoms with Crippen LogP contribution in [0.2, 0.25) is 0 Å². The fourth-order valence-electron chi connectivity index (χ4n) is 2.70. The molecule has 1 N–H and O–H groups in total. The number of hydrogen-bond acceptors (Lipinski definition) is 6. The number of aromatic amines is 1. The van der Waals surface area contributed by atoms with E-state index < -0.39 is 5.97 Å². The zero-order valence-corrected chi connectivity index (χ0v) is 13.6. The molecular weight excluding hydrogens is 324 g/mol. The molecule has 0 aliphatic rings. The van der Waals surface area contributed by atoms with E-state index >= 15 is 0 Å². The Bertz CT molecular complexity index is 1170. The first kappa shape index (κ1) is 15.1. The number of carbonyl (C=O) groups excluding carboxylic acids is 1. The molecule has 9 nitrogen and oxygen atoms in total. The first-order chi connectivity index (χ1) is 12.1. The predicted octanol–water partition coefficient (Wildman–Crippen LogP) is 1.24. The van der Waals surface area contributed by atoms with Gasteiger partial charge in [0.2, 0.25) is 0 Å². The maximum atomic E-state index is 12.8. The molecular formula is C16H14N6O3. The molecule has 3 heterocycles. The summed E-state index contributed by atoms with van der Waals surface area (Å²) in [6, 6.07) is 8.73. The topological polar surface area (TPSA) is 107 Å². The Labute approximate surface area is 140 Å². The highest BCUT2D eigenvalue weighted by molar-refractivity contribution is 5.88. The zero-order chi connectivity index (χ0) is 17.6. The summed E-state index contributed by atoms with van der Waals surface area (Å²) in [5, 5.41) is 16.5. The standard InChI is InChI=1S/C16H14N6O3/c1-3-25-15(24)12-8-13-17-18-16(21(13)20-12)22-14(23)11-7-5-4-6-10(11)9(2)19-22/h4-8,20H,3H2,1-2H3. The minimum atomic E-state index is -0.506. The number of aromatic nitrogens is 6. The van der Waals surface area contributed by atoms with Gasteiger partial charge >= 0.3 is 5.97 Å². The molecule has 3 aromatic heterocycles. The van der Waals surface area contributed by atoms with Crippen molar-refractivity contribution in [2.75, 3.05) is 6.61 Å². The van der Waals surface area contributed by atoms with E-state index in [4.69, 9.17) is 4.74 Å². The number of esters is 1. The second-order valence-electron chi connectivity index (χ2n) is 5.43. The summed E-state index contributed by atoms with van der Waals surface area (Å²) in [6.45, 7) is 3.80. The number of aryl methyl sites for hydroxylation is 1. The lowest BCUT2D eigenvalue weighted by atomic mass is 10.1. The molecule has 0 radical (unpaired) electrons. The second-order valence-corrected chi connectivity index (χ2v) is 5.43. The van der Waals surface area contributed by atoms with Crippen molar-refractivity contribution in [2.45, 2.75) is 13.8 Å². The van der Waals surface area contributed by atoms with Crippen LogP contribution in [0.25, 0.3) is 22.4 Å². The molecule has 0 spiro atoms. The molecule has 0 saturated carbocycles. The van der Waals surface area contributed by atoms with Gasteiger partial charge in [0, 0.05) is 11.5 Å². The molecule has 0 atom stereocenters. The van der Waals surface area contributed by atoms with Crippen LogP contribution in [0.15, 0.2) is 35.1 Å². The molecule has 9 heteroatoms. The Kier molecular flexibility index (Phi) is 3.34. The van der Waals surface area contributed by atoms with E-state index in [1.54, 1.807) is 19.1 Å². The molecule has 0 bridgehead atoms. The molecule has 4 rings (SSSR count). The Morgan fingerprint density at radius 1 is 1.24 bits per heavy atom. The van der Waals surface area contributed by atoms with Crippen LogP contribution in [-0.4, -0.2) is 42.2 Å². The van der Waals surface area contributed by atoms with Crippen molar-refractivity contribution in [3.63, 3.8) is 0 Å². The van der Waals surface area contributed by atoms with Crippen LogP contribution in [0.4, 0.5) is 0 Å². The van der Waals surface area contributed by atoms with Crippen LogP contribution in [0.3, 0.4) is 0 Å². The SMILES string of the molecule is CCOC(=O)c1cc2nnc(-n3nc(C)c4ccccc4c3=O)n2[nH]1. The van der Waals surface area contributed by atoms with E-state index in [1.807, 2.05) is 19.1 Å².